The van der Waals surface area contributed by atoms with Crippen LogP contribution < -0.4 is 9.47 Å². The number of rotatable bonds is 4. The minimum Gasteiger partial charge on any atom is -0.493 e. The Morgan fingerprint density at radius 1 is 1.00 bits per heavy atom. The highest BCUT2D eigenvalue weighted by molar-refractivity contribution is 6.42. The predicted octanol–water partition coefficient (Wildman–Crippen LogP) is 6.14. The van der Waals surface area contributed by atoms with E-state index in [1.807, 2.05) is 37.3 Å². The second-order valence-corrected chi connectivity index (χ2v) is 5.42. The number of fused-ring (bicyclic) bond motifs is 1. The van der Waals surface area contributed by atoms with Crippen LogP contribution in [0.2, 0.25) is 10.0 Å². The van der Waals surface area contributed by atoms with Gasteiger partial charge in [0, 0.05) is 17.5 Å². The van der Waals surface area contributed by atoms with E-state index in [0.717, 1.165) is 10.8 Å². The molecule has 0 spiro atoms. The lowest BCUT2D eigenvalue weighted by atomic mass is 10.1. The Kier molecular flexibility index (Phi) is 4.41. The average Bonchev–Trinajstić information content (AvgIpc) is 2.52. The van der Waals surface area contributed by atoms with Gasteiger partial charge in [-0.2, -0.15) is 0 Å². The summed E-state index contributed by atoms with van der Waals surface area (Å²) in [5.41, 5.74) is 0. The van der Waals surface area contributed by atoms with Gasteiger partial charge in [-0.15, -0.1) is 0 Å². The van der Waals surface area contributed by atoms with E-state index in [1.165, 1.54) is 0 Å². The van der Waals surface area contributed by atoms with Crippen molar-refractivity contribution in [2.24, 2.45) is 0 Å². The molecule has 0 aliphatic heterocycles. The Morgan fingerprint density at radius 3 is 2.64 bits per heavy atom. The van der Waals surface area contributed by atoms with Crippen LogP contribution in [0.15, 0.2) is 48.5 Å². The van der Waals surface area contributed by atoms with Gasteiger partial charge >= 0.3 is 0 Å². The quantitative estimate of drug-likeness (QED) is 0.571. The van der Waals surface area contributed by atoms with Gasteiger partial charge in [0.05, 0.1) is 11.6 Å². The molecule has 2 nitrogen and oxygen atoms in total. The van der Waals surface area contributed by atoms with Gasteiger partial charge in [-0.3, -0.25) is 0 Å². The Hall–Kier alpha value is -1.90. The summed E-state index contributed by atoms with van der Waals surface area (Å²) >= 11 is 12.2. The Bertz CT molecular complexity index is 815. The minimum absolute atomic E-state index is 0.388. The summed E-state index contributed by atoms with van der Waals surface area (Å²) < 4.78 is 11.5. The first kappa shape index (κ1) is 15.0. The van der Waals surface area contributed by atoms with Crippen molar-refractivity contribution in [3.63, 3.8) is 0 Å². The van der Waals surface area contributed by atoms with E-state index in [2.05, 4.69) is 6.07 Å². The van der Waals surface area contributed by atoms with Crippen molar-refractivity contribution in [3.8, 4) is 17.2 Å². The molecule has 22 heavy (non-hydrogen) atoms. The van der Waals surface area contributed by atoms with Gasteiger partial charge in [-0.05, 0) is 24.4 Å². The first-order valence-electron chi connectivity index (χ1n) is 6.88. The van der Waals surface area contributed by atoms with Crippen LogP contribution in [0.1, 0.15) is 6.92 Å². The third kappa shape index (κ3) is 2.99. The van der Waals surface area contributed by atoms with Gasteiger partial charge < -0.3 is 9.47 Å². The van der Waals surface area contributed by atoms with Crippen LogP contribution in [0.5, 0.6) is 17.2 Å². The van der Waals surface area contributed by atoms with Crippen LogP contribution in [0.4, 0.5) is 0 Å². The summed E-state index contributed by atoms with van der Waals surface area (Å²) in [6.45, 7) is 2.49. The summed E-state index contributed by atoms with van der Waals surface area (Å²) in [5, 5.41) is 2.69. The number of hydrogen-bond acceptors (Lipinski definition) is 2. The largest absolute Gasteiger partial charge is 0.493 e. The number of halogens is 2. The SMILES string of the molecule is CCOc1[c]c2ccccc2c(Oc2cccc(Cl)c2Cl)c1. The highest BCUT2D eigenvalue weighted by Crippen LogP contribution is 2.38. The fraction of sp³-hybridized carbons (Fsp3) is 0.111. The first-order chi connectivity index (χ1) is 10.7. The summed E-state index contributed by atoms with van der Waals surface area (Å²) in [5.74, 6) is 1.80. The van der Waals surface area contributed by atoms with Crippen LogP contribution in [0.25, 0.3) is 10.8 Å². The molecule has 0 fully saturated rings. The lowest BCUT2D eigenvalue weighted by Crippen LogP contribution is -1.94. The maximum atomic E-state index is 6.20. The lowest BCUT2D eigenvalue weighted by molar-refractivity contribution is 0.338. The van der Waals surface area contributed by atoms with E-state index >= 15 is 0 Å². The number of benzene rings is 3. The molecule has 111 valence electrons. The molecule has 0 saturated carbocycles. The highest BCUT2D eigenvalue weighted by Gasteiger charge is 2.11. The van der Waals surface area contributed by atoms with Crippen LogP contribution in [-0.4, -0.2) is 6.61 Å². The second kappa shape index (κ2) is 6.47. The normalized spacial score (nSPS) is 10.7. The summed E-state index contributed by atoms with van der Waals surface area (Å²) in [4.78, 5) is 0. The van der Waals surface area contributed by atoms with Crippen molar-refractivity contribution in [2.75, 3.05) is 6.61 Å². The molecule has 4 heteroatoms. The third-order valence-corrected chi connectivity index (χ3v) is 3.95. The van der Waals surface area contributed by atoms with Crippen molar-refractivity contribution in [2.45, 2.75) is 6.92 Å². The fourth-order valence-electron chi connectivity index (χ4n) is 2.17. The van der Waals surface area contributed by atoms with E-state index in [9.17, 15) is 0 Å². The fourth-order valence-corrected chi connectivity index (χ4v) is 2.50. The maximum Gasteiger partial charge on any atom is 0.147 e. The average molecular weight is 332 g/mol. The lowest BCUT2D eigenvalue weighted by Gasteiger charge is -2.13. The summed E-state index contributed by atoms with van der Waals surface area (Å²) in [7, 11) is 0. The standard InChI is InChI=1S/C18H13Cl2O2/c1-2-21-13-10-12-6-3-4-7-14(12)17(11-13)22-16-9-5-8-15(19)18(16)20/h3-9,11H,2H2,1H3. The predicted molar refractivity (Wildman–Crippen MR) is 90.5 cm³/mol. The topological polar surface area (TPSA) is 18.5 Å². The van der Waals surface area contributed by atoms with Crippen molar-refractivity contribution in [1.82, 2.24) is 0 Å². The van der Waals surface area contributed by atoms with Gasteiger partial charge in [-0.25, -0.2) is 0 Å². The van der Waals surface area contributed by atoms with Gasteiger partial charge in [-0.1, -0.05) is 53.5 Å². The molecule has 0 bridgehead atoms. The van der Waals surface area contributed by atoms with E-state index in [1.54, 1.807) is 18.2 Å². The molecule has 0 aromatic heterocycles. The van der Waals surface area contributed by atoms with E-state index in [-0.39, 0.29) is 0 Å². The summed E-state index contributed by atoms with van der Waals surface area (Å²) in [6.07, 6.45) is 0. The number of hydrogen-bond donors (Lipinski definition) is 0. The van der Waals surface area contributed by atoms with Crippen LogP contribution in [0, 0.1) is 6.07 Å². The zero-order valence-electron chi connectivity index (χ0n) is 11.9. The zero-order chi connectivity index (χ0) is 15.5. The summed E-state index contributed by atoms with van der Waals surface area (Å²) in [6, 6.07) is 18.1. The second-order valence-electron chi connectivity index (χ2n) is 4.63. The molecular weight excluding hydrogens is 319 g/mol. The molecule has 0 atom stereocenters. The molecule has 1 radical (unpaired) electrons. The van der Waals surface area contributed by atoms with Crippen LogP contribution in [0.3, 0.4) is 0 Å². The Balaban J connectivity index is 2.10. The molecule has 0 heterocycles. The molecule has 3 aromatic carbocycles. The smallest absolute Gasteiger partial charge is 0.147 e. The maximum absolute atomic E-state index is 6.20. The van der Waals surface area contributed by atoms with Gasteiger partial charge in [0.2, 0.25) is 0 Å². The first-order valence-corrected chi connectivity index (χ1v) is 7.64. The van der Waals surface area contributed by atoms with Crippen molar-refractivity contribution in [3.05, 3.63) is 64.6 Å². The van der Waals surface area contributed by atoms with E-state index in [4.69, 9.17) is 32.7 Å². The molecule has 0 amide bonds. The van der Waals surface area contributed by atoms with Crippen LogP contribution in [-0.2, 0) is 0 Å². The Labute approximate surface area is 139 Å². The molecule has 0 unspecified atom stereocenters. The third-order valence-electron chi connectivity index (χ3n) is 3.15. The molecule has 0 N–H and O–H groups in total. The molecule has 3 rings (SSSR count). The Morgan fingerprint density at radius 2 is 1.82 bits per heavy atom. The molecule has 0 aliphatic rings. The van der Waals surface area contributed by atoms with Crippen LogP contribution >= 0.6 is 23.2 Å². The molecule has 3 aromatic rings. The molecular formula is C18H13Cl2O2. The van der Waals surface area contributed by atoms with Crippen molar-refractivity contribution < 1.29 is 9.47 Å². The van der Waals surface area contributed by atoms with E-state index in [0.29, 0.717) is 33.9 Å². The monoisotopic (exact) mass is 331 g/mol. The number of ether oxygens (including phenoxy) is 2. The highest BCUT2D eigenvalue weighted by atomic mass is 35.5. The zero-order valence-corrected chi connectivity index (χ0v) is 13.4. The van der Waals surface area contributed by atoms with Crippen molar-refractivity contribution in [1.29, 1.82) is 0 Å². The molecule has 0 saturated heterocycles. The van der Waals surface area contributed by atoms with E-state index < -0.39 is 0 Å². The van der Waals surface area contributed by atoms with Gasteiger partial charge in [0.1, 0.15) is 22.3 Å². The van der Waals surface area contributed by atoms with Crippen molar-refractivity contribution >= 4 is 34.0 Å². The van der Waals surface area contributed by atoms with Gasteiger partial charge in [0.15, 0.2) is 0 Å². The molecule has 0 aliphatic carbocycles. The minimum atomic E-state index is 0.388. The van der Waals surface area contributed by atoms with Gasteiger partial charge in [0.25, 0.3) is 0 Å².